The second-order valence-corrected chi connectivity index (χ2v) is 7.56. The first-order valence-electron chi connectivity index (χ1n) is 9.14. The molecule has 1 heterocycles. The van der Waals surface area contributed by atoms with Crippen molar-refractivity contribution >= 4 is 18.3 Å². The molecular formula is C20H31ClN2O2. The number of halogens is 1. The molecule has 1 aliphatic heterocycles. The standard InChI is InChI=1S/C20H30N2O2.ClH/c1-13-9-15(10-14(2)19(13)24-4)12-22(3)20(23)18-11-16-7-5-6-8-17(16)21-18;/h9-10,16-18,21H,5-8,11-12H2,1-4H3;1H. The molecule has 1 saturated carbocycles. The maximum Gasteiger partial charge on any atom is 0.239 e. The SMILES string of the molecule is COc1c(C)cc(CN(C)C(=O)C2CC3CCCCC3N2)cc1C.Cl. The van der Waals surface area contributed by atoms with E-state index >= 15 is 0 Å². The van der Waals surface area contributed by atoms with Crippen molar-refractivity contribution in [1.29, 1.82) is 0 Å². The Bertz CT molecular complexity index is 583. The van der Waals surface area contributed by atoms with Crippen LogP contribution >= 0.6 is 12.4 Å². The van der Waals surface area contributed by atoms with Crippen molar-refractivity contribution in [1.82, 2.24) is 10.2 Å². The highest BCUT2D eigenvalue weighted by Crippen LogP contribution is 2.33. The molecule has 1 saturated heterocycles. The van der Waals surface area contributed by atoms with Crippen molar-refractivity contribution in [2.75, 3.05) is 14.2 Å². The number of carbonyl (C=O) groups is 1. The predicted octanol–water partition coefficient (Wildman–Crippen LogP) is 3.61. The summed E-state index contributed by atoms with van der Waals surface area (Å²) in [5.74, 6) is 1.87. The van der Waals surface area contributed by atoms with Crippen LogP contribution < -0.4 is 10.1 Å². The number of hydrogen-bond donors (Lipinski definition) is 1. The number of rotatable bonds is 4. The highest BCUT2D eigenvalue weighted by molar-refractivity contribution is 5.85. The van der Waals surface area contributed by atoms with Gasteiger partial charge < -0.3 is 15.0 Å². The number of ether oxygens (including phenoxy) is 1. The van der Waals surface area contributed by atoms with E-state index in [-0.39, 0.29) is 24.4 Å². The number of methoxy groups -OCH3 is 1. The molecule has 2 aliphatic rings. The summed E-state index contributed by atoms with van der Waals surface area (Å²) in [6.45, 7) is 4.76. The van der Waals surface area contributed by atoms with Gasteiger partial charge in [-0.2, -0.15) is 0 Å². The molecule has 1 aromatic rings. The maximum atomic E-state index is 12.8. The molecule has 3 unspecified atom stereocenters. The molecule has 25 heavy (non-hydrogen) atoms. The molecule has 1 amide bonds. The van der Waals surface area contributed by atoms with Crippen LogP contribution in [0.3, 0.4) is 0 Å². The molecule has 0 bridgehead atoms. The average Bonchev–Trinajstić information content (AvgIpc) is 2.97. The smallest absolute Gasteiger partial charge is 0.239 e. The fourth-order valence-electron chi connectivity index (χ4n) is 4.58. The summed E-state index contributed by atoms with van der Waals surface area (Å²) in [6.07, 6.45) is 6.14. The minimum Gasteiger partial charge on any atom is -0.496 e. The van der Waals surface area contributed by atoms with Gasteiger partial charge in [-0.25, -0.2) is 0 Å². The Hall–Kier alpha value is -1.26. The number of amides is 1. The summed E-state index contributed by atoms with van der Waals surface area (Å²) in [7, 11) is 3.62. The van der Waals surface area contributed by atoms with Gasteiger partial charge in [-0.1, -0.05) is 25.0 Å². The van der Waals surface area contributed by atoms with E-state index in [9.17, 15) is 4.79 Å². The zero-order valence-corrected chi connectivity index (χ0v) is 16.6. The second-order valence-electron chi connectivity index (χ2n) is 7.56. The molecule has 5 heteroatoms. The van der Waals surface area contributed by atoms with Gasteiger partial charge in [0, 0.05) is 19.6 Å². The van der Waals surface area contributed by atoms with Gasteiger partial charge in [0.25, 0.3) is 0 Å². The Kier molecular flexibility index (Phi) is 6.75. The van der Waals surface area contributed by atoms with Gasteiger partial charge in [0.2, 0.25) is 5.91 Å². The highest BCUT2D eigenvalue weighted by Gasteiger charge is 2.39. The number of aryl methyl sites for hydroxylation is 2. The van der Waals surface area contributed by atoms with Gasteiger partial charge in [0.05, 0.1) is 13.2 Å². The summed E-state index contributed by atoms with van der Waals surface area (Å²) in [4.78, 5) is 14.7. The van der Waals surface area contributed by atoms with Crippen molar-refractivity contribution in [2.45, 2.75) is 64.6 Å². The third kappa shape index (κ3) is 4.29. The summed E-state index contributed by atoms with van der Waals surface area (Å²) in [5.41, 5.74) is 3.41. The number of nitrogens with one attached hydrogen (secondary N) is 1. The van der Waals surface area contributed by atoms with Gasteiger partial charge in [-0.05, 0) is 55.7 Å². The van der Waals surface area contributed by atoms with E-state index in [0.717, 1.165) is 28.9 Å². The van der Waals surface area contributed by atoms with Crippen LogP contribution in [0, 0.1) is 19.8 Å². The minimum absolute atomic E-state index is 0. The van der Waals surface area contributed by atoms with Crippen LogP contribution in [-0.4, -0.2) is 37.0 Å². The van der Waals surface area contributed by atoms with Crippen LogP contribution in [0.1, 0.15) is 48.8 Å². The van der Waals surface area contributed by atoms with Gasteiger partial charge in [0.15, 0.2) is 0 Å². The topological polar surface area (TPSA) is 41.6 Å². The van der Waals surface area contributed by atoms with E-state index in [1.165, 1.54) is 25.7 Å². The molecule has 2 fully saturated rings. The largest absolute Gasteiger partial charge is 0.496 e. The monoisotopic (exact) mass is 366 g/mol. The number of nitrogens with zero attached hydrogens (tertiary/aromatic N) is 1. The van der Waals surface area contributed by atoms with Crippen LogP contribution in [0.15, 0.2) is 12.1 Å². The number of fused-ring (bicyclic) bond motifs is 1. The lowest BCUT2D eigenvalue weighted by Crippen LogP contribution is -2.43. The Morgan fingerprint density at radius 3 is 2.48 bits per heavy atom. The van der Waals surface area contributed by atoms with E-state index in [2.05, 4.69) is 31.3 Å². The Labute approximate surface area is 157 Å². The molecule has 0 aromatic heterocycles. The number of likely N-dealkylation sites (N-methyl/N-ethyl adjacent to an activating group) is 1. The summed E-state index contributed by atoms with van der Waals surface area (Å²) < 4.78 is 5.43. The lowest BCUT2D eigenvalue weighted by atomic mass is 9.85. The van der Waals surface area contributed by atoms with Gasteiger partial charge >= 0.3 is 0 Å². The molecule has 1 N–H and O–H groups in total. The molecular weight excluding hydrogens is 336 g/mol. The lowest BCUT2D eigenvalue weighted by Gasteiger charge is -2.24. The number of hydrogen-bond acceptors (Lipinski definition) is 3. The number of benzene rings is 1. The zero-order chi connectivity index (χ0) is 17.3. The highest BCUT2D eigenvalue weighted by atomic mass is 35.5. The molecule has 4 nitrogen and oxygen atoms in total. The summed E-state index contributed by atoms with van der Waals surface area (Å²) in [5, 5.41) is 3.59. The van der Waals surface area contributed by atoms with Crippen LogP contribution in [-0.2, 0) is 11.3 Å². The van der Waals surface area contributed by atoms with E-state index < -0.39 is 0 Å². The Morgan fingerprint density at radius 1 is 1.24 bits per heavy atom. The molecule has 3 rings (SSSR count). The zero-order valence-electron chi connectivity index (χ0n) is 15.8. The van der Waals surface area contributed by atoms with Crippen LogP contribution in [0.2, 0.25) is 0 Å². The summed E-state index contributed by atoms with van der Waals surface area (Å²) >= 11 is 0. The van der Waals surface area contributed by atoms with Crippen LogP contribution in [0.5, 0.6) is 5.75 Å². The van der Waals surface area contributed by atoms with Gasteiger partial charge in [0.1, 0.15) is 5.75 Å². The quantitative estimate of drug-likeness (QED) is 0.885. The van der Waals surface area contributed by atoms with Crippen molar-refractivity contribution in [2.24, 2.45) is 5.92 Å². The van der Waals surface area contributed by atoms with Crippen LogP contribution in [0.25, 0.3) is 0 Å². The van der Waals surface area contributed by atoms with E-state index in [0.29, 0.717) is 18.5 Å². The third-order valence-corrected chi connectivity index (χ3v) is 5.68. The molecule has 1 aliphatic carbocycles. The Balaban J connectivity index is 0.00000225. The molecule has 3 atom stereocenters. The van der Waals surface area contributed by atoms with Crippen LogP contribution in [0.4, 0.5) is 0 Å². The fraction of sp³-hybridized carbons (Fsp3) is 0.650. The van der Waals surface area contributed by atoms with Gasteiger partial charge in [-0.15, -0.1) is 12.4 Å². The Morgan fingerprint density at radius 2 is 1.88 bits per heavy atom. The molecule has 1 aromatic carbocycles. The normalized spacial score (nSPS) is 25.0. The van der Waals surface area contributed by atoms with Gasteiger partial charge in [-0.3, -0.25) is 4.79 Å². The van der Waals surface area contributed by atoms with E-state index in [1.807, 2.05) is 11.9 Å². The number of carbonyl (C=O) groups excluding carboxylic acids is 1. The van der Waals surface area contributed by atoms with Crippen molar-refractivity contribution in [3.8, 4) is 5.75 Å². The first-order chi connectivity index (χ1) is 11.5. The van der Waals surface area contributed by atoms with E-state index in [4.69, 9.17) is 4.74 Å². The second kappa shape index (κ2) is 8.41. The average molecular weight is 367 g/mol. The molecule has 0 spiro atoms. The predicted molar refractivity (Wildman–Crippen MR) is 103 cm³/mol. The first kappa shape index (κ1) is 20.1. The molecule has 0 radical (unpaired) electrons. The summed E-state index contributed by atoms with van der Waals surface area (Å²) in [6, 6.07) is 4.81. The lowest BCUT2D eigenvalue weighted by molar-refractivity contribution is -0.132. The first-order valence-corrected chi connectivity index (χ1v) is 9.14. The van der Waals surface area contributed by atoms with Crippen molar-refractivity contribution in [3.05, 3.63) is 28.8 Å². The van der Waals surface area contributed by atoms with Crippen molar-refractivity contribution < 1.29 is 9.53 Å². The van der Waals surface area contributed by atoms with E-state index in [1.54, 1.807) is 7.11 Å². The third-order valence-electron chi connectivity index (χ3n) is 5.68. The van der Waals surface area contributed by atoms with Crippen molar-refractivity contribution in [3.63, 3.8) is 0 Å². The molecule has 140 valence electrons. The minimum atomic E-state index is 0. The fourth-order valence-corrected chi connectivity index (χ4v) is 4.58. The maximum absolute atomic E-state index is 12.8.